The Hall–Kier alpha value is -2.47. The molecule has 2 aliphatic rings. The molecule has 1 unspecified atom stereocenters. The van der Waals surface area contributed by atoms with E-state index in [-0.39, 0.29) is 11.7 Å². The lowest BCUT2D eigenvalue weighted by atomic mass is 9.95. The van der Waals surface area contributed by atoms with Crippen molar-refractivity contribution in [1.29, 1.82) is 0 Å². The molecule has 6 nitrogen and oxygen atoms in total. The summed E-state index contributed by atoms with van der Waals surface area (Å²) in [6.45, 7) is 3.39. The van der Waals surface area contributed by atoms with Crippen molar-refractivity contribution in [3.8, 4) is 0 Å². The Bertz CT molecular complexity index is 884. The summed E-state index contributed by atoms with van der Waals surface area (Å²) in [6.07, 6.45) is 7.64. The molecule has 4 rings (SSSR count). The van der Waals surface area contributed by atoms with E-state index in [9.17, 15) is 4.79 Å². The van der Waals surface area contributed by atoms with E-state index in [1.807, 2.05) is 30.3 Å². The summed E-state index contributed by atoms with van der Waals surface area (Å²) in [5, 5.41) is 4.77. The van der Waals surface area contributed by atoms with E-state index in [0.29, 0.717) is 17.6 Å². The Morgan fingerprint density at radius 3 is 2.75 bits per heavy atom. The molecule has 2 heterocycles. The predicted molar refractivity (Wildman–Crippen MR) is 114 cm³/mol. The fraction of sp³-hybridized carbons (Fsp3) is 0.500. The third kappa shape index (κ3) is 4.17. The van der Waals surface area contributed by atoms with Gasteiger partial charge in [0.25, 0.3) is 5.91 Å². The molecule has 3 N–H and O–H groups in total. The van der Waals surface area contributed by atoms with Crippen LogP contribution in [0.15, 0.2) is 35.3 Å². The fourth-order valence-corrected chi connectivity index (χ4v) is 4.42. The van der Waals surface area contributed by atoms with Crippen LogP contribution in [0, 0.1) is 0 Å². The van der Waals surface area contributed by atoms with E-state index in [0.717, 1.165) is 36.2 Å². The maximum atomic E-state index is 12.7. The minimum Gasteiger partial charge on any atom is -0.387 e. The predicted octanol–water partition coefficient (Wildman–Crippen LogP) is 3.25. The number of hydrogen-bond acceptors (Lipinski definition) is 4. The highest BCUT2D eigenvalue weighted by Crippen LogP contribution is 2.28. The second-order valence-corrected chi connectivity index (χ2v) is 8.04. The molecule has 2 fully saturated rings. The van der Waals surface area contributed by atoms with Crippen molar-refractivity contribution in [2.75, 3.05) is 18.0 Å². The number of nitrogens with two attached hydrogens (primary N) is 1. The number of nitrogens with one attached hydrogen (secondary N) is 1. The normalized spacial score (nSPS) is 21.4. The average Bonchev–Trinajstić information content (AvgIpc) is 3.15. The molecule has 148 valence electrons. The van der Waals surface area contributed by atoms with Gasteiger partial charge in [0.2, 0.25) is 0 Å². The lowest BCUT2D eigenvalue weighted by Crippen LogP contribution is -2.41. The van der Waals surface area contributed by atoms with E-state index in [1.165, 1.54) is 32.1 Å². The zero-order valence-electron chi connectivity index (χ0n) is 16.5. The Balaban J connectivity index is 1.59. The van der Waals surface area contributed by atoms with Crippen LogP contribution in [-0.2, 0) is 0 Å². The third-order valence-corrected chi connectivity index (χ3v) is 5.78. The maximum Gasteiger partial charge on any atom is 0.282 e. The molecule has 0 bridgehead atoms. The van der Waals surface area contributed by atoms with Crippen LogP contribution in [0.5, 0.6) is 0 Å². The standard InChI is InChI=1S/C22H29N5O/c1-15(23)24-22(28)19-13-16-7-5-6-10-20(16)26-21(19)27-12-11-18(14-27)25-17-8-3-2-4-9-17/h5-7,10,13,17-18,25H,2-4,8-9,11-12,14H2,1H3,(H2,23,24,28). The van der Waals surface area contributed by atoms with Gasteiger partial charge in [-0.1, -0.05) is 37.5 Å². The molecule has 1 saturated carbocycles. The molecule has 6 heteroatoms. The van der Waals surface area contributed by atoms with Crippen LogP contribution in [-0.4, -0.2) is 41.9 Å². The van der Waals surface area contributed by atoms with Crippen molar-refractivity contribution >= 4 is 28.5 Å². The Kier molecular flexibility index (Phi) is 5.57. The first-order valence-corrected chi connectivity index (χ1v) is 10.4. The number of amides is 1. The van der Waals surface area contributed by atoms with Gasteiger partial charge < -0.3 is 16.0 Å². The number of rotatable bonds is 4. The largest absolute Gasteiger partial charge is 0.387 e. The Labute approximate surface area is 166 Å². The molecule has 2 aromatic rings. The van der Waals surface area contributed by atoms with Crippen molar-refractivity contribution in [3.63, 3.8) is 0 Å². The molecule has 1 atom stereocenters. The summed E-state index contributed by atoms with van der Waals surface area (Å²) >= 11 is 0. The minimum atomic E-state index is -0.322. The summed E-state index contributed by atoms with van der Waals surface area (Å²) in [5.41, 5.74) is 7.08. The molecule has 1 aliphatic heterocycles. The first kappa shape index (κ1) is 18.9. The van der Waals surface area contributed by atoms with Crippen LogP contribution in [0.2, 0.25) is 0 Å². The zero-order valence-corrected chi connectivity index (χ0v) is 16.5. The monoisotopic (exact) mass is 379 g/mol. The van der Waals surface area contributed by atoms with Crippen LogP contribution in [0.1, 0.15) is 55.8 Å². The number of amidine groups is 1. The van der Waals surface area contributed by atoms with Gasteiger partial charge >= 0.3 is 0 Å². The summed E-state index contributed by atoms with van der Waals surface area (Å²) in [6, 6.07) is 10.9. The van der Waals surface area contributed by atoms with Gasteiger partial charge in [-0.3, -0.25) is 4.79 Å². The first-order chi connectivity index (χ1) is 13.6. The van der Waals surface area contributed by atoms with Crippen molar-refractivity contribution < 1.29 is 4.79 Å². The molecule has 1 aromatic carbocycles. The Morgan fingerprint density at radius 2 is 1.96 bits per heavy atom. The number of carbonyl (C=O) groups is 1. The number of anilines is 1. The van der Waals surface area contributed by atoms with Gasteiger partial charge in [0, 0.05) is 30.6 Å². The van der Waals surface area contributed by atoms with Crippen LogP contribution < -0.4 is 16.0 Å². The molecule has 0 spiro atoms. The van der Waals surface area contributed by atoms with Crippen molar-refractivity contribution in [3.05, 3.63) is 35.9 Å². The highest BCUT2D eigenvalue weighted by atomic mass is 16.1. The second-order valence-electron chi connectivity index (χ2n) is 8.04. The molecule has 1 aliphatic carbocycles. The zero-order chi connectivity index (χ0) is 19.5. The molecule has 1 aromatic heterocycles. The first-order valence-electron chi connectivity index (χ1n) is 10.4. The minimum absolute atomic E-state index is 0.266. The van der Waals surface area contributed by atoms with Gasteiger partial charge in [-0.25, -0.2) is 4.98 Å². The number of aromatic nitrogens is 1. The molecular formula is C22H29N5O. The van der Waals surface area contributed by atoms with Crippen molar-refractivity contribution in [1.82, 2.24) is 10.3 Å². The van der Waals surface area contributed by atoms with Gasteiger partial charge in [-0.2, -0.15) is 4.99 Å². The van der Waals surface area contributed by atoms with Crippen molar-refractivity contribution in [2.45, 2.75) is 57.5 Å². The second kappa shape index (κ2) is 8.27. The average molecular weight is 380 g/mol. The Morgan fingerprint density at radius 1 is 1.18 bits per heavy atom. The highest BCUT2D eigenvalue weighted by Gasteiger charge is 2.29. The van der Waals surface area contributed by atoms with Crippen LogP contribution in [0.25, 0.3) is 10.9 Å². The molecule has 0 radical (unpaired) electrons. The maximum absolute atomic E-state index is 12.7. The number of fused-ring (bicyclic) bond motifs is 1. The van der Waals surface area contributed by atoms with E-state index < -0.39 is 0 Å². The van der Waals surface area contributed by atoms with Crippen LogP contribution in [0.4, 0.5) is 5.82 Å². The number of para-hydroxylation sites is 1. The van der Waals surface area contributed by atoms with E-state index >= 15 is 0 Å². The van der Waals surface area contributed by atoms with Gasteiger partial charge in [0.1, 0.15) is 11.7 Å². The van der Waals surface area contributed by atoms with E-state index in [4.69, 9.17) is 10.7 Å². The van der Waals surface area contributed by atoms with Gasteiger partial charge in [0.05, 0.1) is 11.1 Å². The summed E-state index contributed by atoms with van der Waals surface area (Å²) < 4.78 is 0. The lowest BCUT2D eigenvalue weighted by molar-refractivity contribution is 0.100. The van der Waals surface area contributed by atoms with E-state index in [1.54, 1.807) is 6.92 Å². The van der Waals surface area contributed by atoms with Gasteiger partial charge in [-0.15, -0.1) is 0 Å². The number of carbonyl (C=O) groups excluding carboxylic acids is 1. The molecular weight excluding hydrogens is 350 g/mol. The van der Waals surface area contributed by atoms with Gasteiger partial charge in [0.15, 0.2) is 0 Å². The highest BCUT2D eigenvalue weighted by molar-refractivity contribution is 6.07. The lowest BCUT2D eigenvalue weighted by Gasteiger charge is -2.27. The van der Waals surface area contributed by atoms with Crippen LogP contribution >= 0.6 is 0 Å². The number of nitrogens with zero attached hydrogens (tertiary/aromatic N) is 3. The van der Waals surface area contributed by atoms with E-state index in [2.05, 4.69) is 15.2 Å². The number of aliphatic imine (C=N–C) groups is 1. The fourth-order valence-electron chi connectivity index (χ4n) is 4.42. The summed E-state index contributed by atoms with van der Waals surface area (Å²) in [5.74, 6) is 0.668. The number of hydrogen-bond donors (Lipinski definition) is 2. The molecule has 1 saturated heterocycles. The summed E-state index contributed by atoms with van der Waals surface area (Å²) in [7, 11) is 0. The molecule has 28 heavy (non-hydrogen) atoms. The van der Waals surface area contributed by atoms with Crippen LogP contribution in [0.3, 0.4) is 0 Å². The summed E-state index contributed by atoms with van der Waals surface area (Å²) in [4.78, 5) is 23.8. The smallest absolute Gasteiger partial charge is 0.282 e. The quantitative estimate of drug-likeness (QED) is 0.629. The van der Waals surface area contributed by atoms with Crippen molar-refractivity contribution in [2.24, 2.45) is 10.7 Å². The molecule has 1 amide bonds. The topological polar surface area (TPSA) is 83.6 Å². The SMILES string of the molecule is CC(N)=NC(=O)c1cc2ccccc2nc1N1CCC(NC2CCCCC2)C1. The van der Waals surface area contributed by atoms with Gasteiger partial charge in [-0.05, 0) is 38.3 Å². The number of pyridine rings is 1. The third-order valence-electron chi connectivity index (χ3n) is 5.78. The number of benzene rings is 1.